The lowest BCUT2D eigenvalue weighted by atomic mass is 10.1. The van der Waals surface area contributed by atoms with E-state index in [2.05, 4.69) is 26.1 Å². The van der Waals surface area contributed by atoms with E-state index in [1.165, 1.54) is 4.80 Å². The molecule has 0 bridgehead atoms. The second-order valence-corrected chi connectivity index (χ2v) is 5.31. The quantitative estimate of drug-likeness (QED) is 0.742. The Morgan fingerprint density at radius 3 is 2.52 bits per heavy atom. The maximum Gasteiger partial charge on any atom is 0.217 e. The third-order valence-electron chi connectivity index (χ3n) is 2.93. The molecule has 21 heavy (non-hydrogen) atoms. The number of carbonyl (C=O) groups excluding carboxylic acids is 1. The molecule has 3 aromatic rings. The van der Waals surface area contributed by atoms with E-state index >= 15 is 0 Å². The minimum atomic E-state index is -0.241. The summed E-state index contributed by atoms with van der Waals surface area (Å²) in [4.78, 5) is 13.7. The van der Waals surface area contributed by atoms with E-state index in [4.69, 9.17) is 5.73 Å². The highest BCUT2D eigenvalue weighted by Crippen LogP contribution is 2.17. The fourth-order valence-corrected chi connectivity index (χ4v) is 2.31. The Bertz CT molecular complexity index is 798. The molecule has 1 aromatic heterocycles. The number of ketones is 1. The van der Waals surface area contributed by atoms with Crippen LogP contribution in [0.4, 0.5) is 5.82 Å². The molecule has 0 unspecified atom stereocenters. The molecular formula is C15H11BrN4O. The van der Waals surface area contributed by atoms with E-state index in [0.29, 0.717) is 5.56 Å². The minimum Gasteiger partial charge on any atom is -0.380 e. The molecule has 0 saturated heterocycles. The molecule has 6 heteroatoms. The average Bonchev–Trinajstić information content (AvgIpc) is 2.89. The third kappa shape index (κ3) is 2.71. The van der Waals surface area contributed by atoms with Crippen molar-refractivity contribution in [3.8, 4) is 5.69 Å². The number of halogens is 1. The smallest absolute Gasteiger partial charge is 0.217 e. The van der Waals surface area contributed by atoms with Crippen molar-refractivity contribution in [1.29, 1.82) is 0 Å². The molecule has 3 rings (SSSR count). The van der Waals surface area contributed by atoms with Crippen LogP contribution in [0.3, 0.4) is 0 Å². The van der Waals surface area contributed by atoms with Crippen molar-refractivity contribution in [3.63, 3.8) is 0 Å². The zero-order valence-corrected chi connectivity index (χ0v) is 12.5. The number of aromatic nitrogens is 3. The number of benzene rings is 2. The first-order valence-electron chi connectivity index (χ1n) is 6.23. The molecule has 2 aromatic carbocycles. The van der Waals surface area contributed by atoms with Gasteiger partial charge in [0.15, 0.2) is 11.5 Å². The van der Waals surface area contributed by atoms with Crippen molar-refractivity contribution in [3.05, 3.63) is 70.3 Å². The van der Waals surface area contributed by atoms with Crippen molar-refractivity contribution in [2.45, 2.75) is 0 Å². The Morgan fingerprint density at radius 2 is 1.81 bits per heavy atom. The molecule has 0 aliphatic heterocycles. The predicted molar refractivity (Wildman–Crippen MR) is 83.3 cm³/mol. The molecule has 0 fully saturated rings. The largest absolute Gasteiger partial charge is 0.380 e. The molecule has 5 nitrogen and oxygen atoms in total. The summed E-state index contributed by atoms with van der Waals surface area (Å²) < 4.78 is 0.895. The lowest BCUT2D eigenvalue weighted by Crippen LogP contribution is -2.05. The van der Waals surface area contributed by atoms with Crippen molar-refractivity contribution < 1.29 is 4.79 Å². The topological polar surface area (TPSA) is 73.8 Å². The Kier molecular flexibility index (Phi) is 3.53. The summed E-state index contributed by atoms with van der Waals surface area (Å²) >= 11 is 3.38. The van der Waals surface area contributed by atoms with Crippen molar-refractivity contribution >= 4 is 27.5 Å². The first-order chi connectivity index (χ1) is 10.1. The van der Waals surface area contributed by atoms with E-state index in [1.807, 2.05) is 30.3 Å². The summed E-state index contributed by atoms with van der Waals surface area (Å²) in [7, 11) is 0. The summed E-state index contributed by atoms with van der Waals surface area (Å²) in [5.74, 6) is -0.127. The Morgan fingerprint density at radius 1 is 1.05 bits per heavy atom. The number of nitrogens with zero attached hydrogens (tertiary/aromatic N) is 3. The fraction of sp³-hybridized carbons (Fsp3) is 0. The first-order valence-corrected chi connectivity index (χ1v) is 7.03. The van der Waals surface area contributed by atoms with Gasteiger partial charge in [-0.3, -0.25) is 4.79 Å². The minimum absolute atomic E-state index is 0.115. The summed E-state index contributed by atoms with van der Waals surface area (Å²) in [5, 5.41) is 8.32. The number of hydrogen-bond donors (Lipinski definition) is 1. The van der Waals surface area contributed by atoms with Crippen LogP contribution in [0.1, 0.15) is 16.1 Å². The van der Waals surface area contributed by atoms with Crippen LogP contribution in [-0.2, 0) is 0 Å². The zero-order chi connectivity index (χ0) is 14.8. The van der Waals surface area contributed by atoms with Crippen molar-refractivity contribution in [1.82, 2.24) is 15.0 Å². The van der Waals surface area contributed by atoms with E-state index in [1.54, 1.807) is 24.3 Å². The van der Waals surface area contributed by atoms with Gasteiger partial charge in [0.05, 0.1) is 5.69 Å². The van der Waals surface area contributed by atoms with Crippen LogP contribution in [0.25, 0.3) is 5.69 Å². The predicted octanol–water partition coefficient (Wildman–Crippen LogP) is 2.84. The van der Waals surface area contributed by atoms with Gasteiger partial charge in [-0.1, -0.05) is 52.3 Å². The third-order valence-corrected chi connectivity index (χ3v) is 3.42. The number of anilines is 1. The number of hydrogen-bond acceptors (Lipinski definition) is 4. The maximum absolute atomic E-state index is 12.4. The number of rotatable bonds is 3. The Balaban J connectivity index is 2.01. The maximum atomic E-state index is 12.4. The van der Waals surface area contributed by atoms with Crippen LogP contribution >= 0.6 is 15.9 Å². The summed E-state index contributed by atoms with van der Waals surface area (Å²) in [6.45, 7) is 0. The lowest BCUT2D eigenvalue weighted by molar-refractivity contribution is 0.103. The summed E-state index contributed by atoms with van der Waals surface area (Å²) in [6, 6.07) is 16.3. The Labute approximate surface area is 129 Å². The molecule has 2 N–H and O–H groups in total. The molecule has 0 amide bonds. The van der Waals surface area contributed by atoms with Gasteiger partial charge in [-0.25, -0.2) is 0 Å². The van der Waals surface area contributed by atoms with Gasteiger partial charge in [0.25, 0.3) is 0 Å². The monoisotopic (exact) mass is 342 g/mol. The highest BCUT2D eigenvalue weighted by Gasteiger charge is 2.18. The molecule has 104 valence electrons. The van der Waals surface area contributed by atoms with Crippen molar-refractivity contribution in [2.75, 3.05) is 5.73 Å². The van der Waals surface area contributed by atoms with Crippen LogP contribution in [-0.4, -0.2) is 20.8 Å². The summed E-state index contributed by atoms with van der Waals surface area (Å²) in [5.41, 5.74) is 7.24. The van der Waals surface area contributed by atoms with Gasteiger partial charge in [0.1, 0.15) is 0 Å². The average molecular weight is 343 g/mol. The highest BCUT2D eigenvalue weighted by atomic mass is 79.9. The van der Waals surface area contributed by atoms with Gasteiger partial charge in [0, 0.05) is 10.0 Å². The fourth-order valence-electron chi connectivity index (χ4n) is 1.92. The number of nitrogen functional groups attached to an aromatic ring is 1. The Hall–Kier alpha value is -2.47. The normalized spacial score (nSPS) is 10.5. The van der Waals surface area contributed by atoms with Gasteiger partial charge in [-0.05, 0) is 18.2 Å². The van der Waals surface area contributed by atoms with Crippen LogP contribution in [0, 0.1) is 0 Å². The molecule has 0 aliphatic carbocycles. The van der Waals surface area contributed by atoms with E-state index < -0.39 is 0 Å². The molecular weight excluding hydrogens is 332 g/mol. The van der Waals surface area contributed by atoms with Crippen LogP contribution in [0.15, 0.2) is 59.1 Å². The van der Waals surface area contributed by atoms with Gasteiger partial charge < -0.3 is 5.73 Å². The summed E-state index contributed by atoms with van der Waals surface area (Å²) in [6.07, 6.45) is 0. The van der Waals surface area contributed by atoms with Gasteiger partial charge in [-0.2, -0.15) is 0 Å². The number of nitrogens with two attached hydrogens (primary N) is 1. The molecule has 1 heterocycles. The first kappa shape index (κ1) is 13.5. The van der Waals surface area contributed by atoms with E-state index in [0.717, 1.165) is 10.2 Å². The van der Waals surface area contributed by atoms with Gasteiger partial charge >= 0.3 is 0 Å². The molecule has 0 spiro atoms. The van der Waals surface area contributed by atoms with Crippen LogP contribution in [0.2, 0.25) is 0 Å². The van der Waals surface area contributed by atoms with E-state index in [-0.39, 0.29) is 17.3 Å². The second-order valence-electron chi connectivity index (χ2n) is 4.40. The van der Waals surface area contributed by atoms with Gasteiger partial charge in [0.2, 0.25) is 5.78 Å². The molecule has 0 aliphatic rings. The standard InChI is InChI=1S/C15H11BrN4O/c16-11-7-4-8-12(9-11)20-18-13(15(17)19-20)14(21)10-5-2-1-3-6-10/h1-9H,(H2,17,19). The van der Waals surface area contributed by atoms with Crippen LogP contribution in [0.5, 0.6) is 0 Å². The molecule has 0 radical (unpaired) electrons. The highest BCUT2D eigenvalue weighted by molar-refractivity contribution is 9.10. The molecule has 0 atom stereocenters. The number of carbonyl (C=O) groups is 1. The molecule has 0 saturated carbocycles. The van der Waals surface area contributed by atoms with Crippen LogP contribution < -0.4 is 5.73 Å². The zero-order valence-electron chi connectivity index (χ0n) is 10.9. The van der Waals surface area contributed by atoms with Gasteiger partial charge in [-0.15, -0.1) is 15.0 Å². The second kappa shape index (κ2) is 5.49. The lowest BCUT2D eigenvalue weighted by Gasteiger charge is -1.99. The SMILES string of the molecule is Nc1nn(-c2cccc(Br)c2)nc1C(=O)c1ccccc1. The van der Waals surface area contributed by atoms with Crippen molar-refractivity contribution in [2.24, 2.45) is 0 Å². The van der Waals surface area contributed by atoms with E-state index in [9.17, 15) is 4.79 Å².